The minimum Gasteiger partial charge on any atom is -0.511 e. The van der Waals surface area contributed by atoms with Gasteiger partial charge in [-0.2, -0.15) is 0 Å². The summed E-state index contributed by atoms with van der Waals surface area (Å²) in [6.07, 6.45) is 2.21. The minimum atomic E-state index is -1.81. The number of allylic oxidation sites excluding steroid dienone is 5. The molecule has 1 spiro atoms. The van der Waals surface area contributed by atoms with Crippen molar-refractivity contribution in [3.63, 3.8) is 0 Å². The maximum Gasteiger partial charge on any atom is 0.346 e. The summed E-state index contributed by atoms with van der Waals surface area (Å²) in [4.78, 5) is 55.5. The quantitative estimate of drug-likeness (QED) is 0.114. The van der Waals surface area contributed by atoms with Crippen LogP contribution in [0.15, 0.2) is 70.1 Å². The van der Waals surface area contributed by atoms with Crippen LogP contribution in [0.3, 0.4) is 0 Å². The molecule has 1 aromatic carbocycles. The van der Waals surface area contributed by atoms with Gasteiger partial charge in [0.1, 0.15) is 40.6 Å². The number of fused-ring (bicyclic) bond motifs is 4. The first-order valence-corrected chi connectivity index (χ1v) is 22.0. The lowest BCUT2D eigenvalue weighted by molar-refractivity contribution is -0.311. The standard InChI is InChI=1S/C49H62O14/c1-22-12-11-13-23(2)36-26(5)17-30-33(61-46-39(52)40(38(51)28(7)60-46)62-44(57)34-25(4)16-29(59-10)18-32(34)50)15-14-24(3)37(30)48(36,9)41(53)35-42(54)49(63-45(35)58)20-27(6)31(43(55)56)21-47(49,8)19-22/h13,16-19,21,24,27-28,30,33,36-40,46,50-53H,11-12,14-15,20H2,1-10H3,(H,55,56)/b22-19+,23-13+,41-35?/t24-,27+,28+,30+,33-,36+,37+,38+,39+,40+,46-,47+,48+,49+/m0/s1. The van der Waals surface area contributed by atoms with E-state index < -0.39 is 112 Å². The van der Waals surface area contributed by atoms with Crippen molar-refractivity contribution in [1.82, 2.24) is 0 Å². The van der Waals surface area contributed by atoms with Crippen LogP contribution in [0.2, 0.25) is 0 Å². The highest BCUT2D eigenvalue weighted by molar-refractivity contribution is 6.26. The topological polar surface area (TPSA) is 216 Å². The van der Waals surface area contributed by atoms with Crippen LogP contribution in [0.5, 0.6) is 11.5 Å². The van der Waals surface area contributed by atoms with E-state index in [9.17, 15) is 39.9 Å². The number of esters is 2. The van der Waals surface area contributed by atoms with Crippen molar-refractivity contribution >= 4 is 23.7 Å². The molecule has 1 aromatic rings. The van der Waals surface area contributed by atoms with Crippen molar-refractivity contribution in [3.8, 4) is 11.5 Å². The van der Waals surface area contributed by atoms with Crippen molar-refractivity contribution in [3.05, 3.63) is 81.2 Å². The zero-order valence-corrected chi connectivity index (χ0v) is 37.8. The van der Waals surface area contributed by atoms with Gasteiger partial charge in [-0.1, -0.05) is 61.8 Å². The van der Waals surface area contributed by atoms with Gasteiger partial charge < -0.3 is 49.2 Å². The lowest BCUT2D eigenvalue weighted by Crippen LogP contribution is -2.60. The Hall–Kier alpha value is -4.76. The molecule has 342 valence electrons. The lowest BCUT2D eigenvalue weighted by atomic mass is 9.49. The Morgan fingerprint density at radius 3 is 2.29 bits per heavy atom. The number of phenolic OH excluding ortho intramolecular Hbond substituents is 1. The maximum absolute atomic E-state index is 15.2. The third-order valence-corrected chi connectivity index (χ3v) is 15.1. The Morgan fingerprint density at radius 1 is 0.937 bits per heavy atom. The molecule has 63 heavy (non-hydrogen) atoms. The number of aromatic hydroxyl groups is 1. The third kappa shape index (κ3) is 7.44. The van der Waals surface area contributed by atoms with Crippen molar-refractivity contribution in [1.29, 1.82) is 0 Å². The minimum absolute atomic E-state index is 0.0867. The highest BCUT2D eigenvalue weighted by atomic mass is 16.7. The van der Waals surface area contributed by atoms with Crippen molar-refractivity contribution in [2.75, 3.05) is 7.11 Å². The molecule has 2 saturated heterocycles. The number of aryl methyl sites for hydroxylation is 1. The van der Waals surface area contributed by atoms with Gasteiger partial charge in [-0.3, -0.25) is 4.79 Å². The van der Waals surface area contributed by atoms with E-state index in [1.807, 2.05) is 33.8 Å². The maximum atomic E-state index is 15.2. The molecule has 14 atom stereocenters. The van der Waals surface area contributed by atoms with Crippen LogP contribution < -0.4 is 4.74 Å². The normalized spacial score (nSPS) is 41.0. The highest BCUT2D eigenvalue weighted by Crippen LogP contribution is 2.62. The van der Waals surface area contributed by atoms with Gasteiger partial charge in [-0.25, -0.2) is 14.4 Å². The van der Waals surface area contributed by atoms with Gasteiger partial charge in [0.25, 0.3) is 0 Å². The van der Waals surface area contributed by atoms with E-state index in [2.05, 4.69) is 19.1 Å². The largest absolute Gasteiger partial charge is 0.511 e. The molecule has 0 radical (unpaired) electrons. The molecule has 5 N–H and O–H groups in total. The van der Waals surface area contributed by atoms with Gasteiger partial charge in [0.2, 0.25) is 5.78 Å². The molecule has 6 aliphatic rings. The predicted molar refractivity (Wildman–Crippen MR) is 228 cm³/mol. The van der Waals surface area contributed by atoms with E-state index >= 15 is 4.79 Å². The number of carboxylic acids is 1. The molecule has 14 heteroatoms. The Kier molecular flexibility index (Phi) is 12.2. The van der Waals surface area contributed by atoms with Crippen LogP contribution in [0, 0.1) is 47.3 Å². The summed E-state index contributed by atoms with van der Waals surface area (Å²) in [5, 5.41) is 56.7. The average Bonchev–Trinajstić information content (AvgIpc) is 3.45. The molecule has 2 bridgehead atoms. The number of carbonyl (C=O) groups is 4. The average molecular weight is 875 g/mol. The summed E-state index contributed by atoms with van der Waals surface area (Å²) in [5.74, 6) is -6.29. The number of aliphatic carboxylic acids is 1. The van der Waals surface area contributed by atoms with Gasteiger partial charge in [0, 0.05) is 35.3 Å². The van der Waals surface area contributed by atoms with E-state index in [1.165, 1.54) is 19.3 Å². The van der Waals surface area contributed by atoms with E-state index in [-0.39, 0.29) is 29.2 Å². The smallest absolute Gasteiger partial charge is 0.346 e. The van der Waals surface area contributed by atoms with E-state index in [4.69, 9.17) is 23.7 Å². The Balaban J connectivity index is 1.28. The second-order valence-corrected chi connectivity index (χ2v) is 19.4. The van der Waals surface area contributed by atoms with Crippen LogP contribution in [0.1, 0.15) is 103 Å². The van der Waals surface area contributed by atoms with Crippen molar-refractivity contribution in [2.24, 2.45) is 40.4 Å². The second kappa shape index (κ2) is 16.7. The fraction of sp³-hybridized carbons (Fsp3) is 0.592. The monoisotopic (exact) mass is 874 g/mol. The molecule has 4 aliphatic carbocycles. The molecule has 7 rings (SSSR count). The molecule has 0 aromatic heterocycles. The number of ketones is 1. The Labute approximate surface area is 368 Å². The number of carboxylic acid groups (broad SMARTS) is 1. The number of phenols is 1. The molecular formula is C49H62O14. The molecular weight excluding hydrogens is 813 g/mol. The number of Topliss-reactive ketones (excluding diaryl/α,β-unsaturated/α-hetero) is 1. The number of methoxy groups -OCH3 is 1. The molecule has 2 aliphatic heterocycles. The number of rotatable bonds is 6. The first-order valence-electron chi connectivity index (χ1n) is 22.0. The predicted octanol–water partition coefficient (Wildman–Crippen LogP) is 6.75. The molecule has 1 saturated carbocycles. The van der Waals surface area contributed by atoms with E-state index in [1.54, 1.807) is 33.8 Å². The van der Waals surface area contributed by atoms with Gasteiger partial charge in [0.05, 0.1) is 24.7 Å². The van der Waals surface area contributed by atoms with Gasteiger partial charge >= 0.3 is 17.9 Å². The van der Waals surface area contributed by atoms with Gasteiger partial charge in [0.15, 0.2) is 18.0 Å². The molecule has 14 nitrogen and oxygen atoms in total. The summed E-state index contributed by atoms with van der Waals surface area (Å²) >= 11 is 0. The zero-order valence-electron chi connectivity index (χ0n) is 37.8. The van der Waals surface area contributed by atoms with Gasteiger partial charge in [-0.05, 0) is 96.6 Å². The van der Waals surface area contributed by atoms with E-state index in [0.29, 0.717) is 37.0 Å². The number of carbonyl (C=O) groups excluding carboxylic acids is 3. The Morgan fingerprint density at radius 2 is 1.63 bits per heavy atom. The molecule has 2 heterocycles. The number of aliphatic hydroxyl groups is 3. The van der Waals surface area contributed by atoms with Crippen LogP contribution in [0.25, 0.3) is 0 Å². The second-order valence-electron chi connectivity index (χ2n) is 19.4. The first kappa shape index (κ1) is 46.2. The lowest BCUT2D eigenvalue weighted by Gasteiger charge is -2.56. The summed E-state index contributed by atoms with van der Waals surface area (Å²) in [5.41, 5.74) is -1.84. The summed E-state index contributed by atoms with van der Waals surface area (Å²) in [6.45, 7) is 16.4. The number of aliphatic hydroxyl groups excluding tert-OH is 3. The summed E-state index contributed by atoms with van der Waals surface area (Å²) < 4.78 is 29.9. The number of hydrogen-bond acceptors (Lipinski definition) is 13. The van der Waals surface area contributed by atoms with Crippen LogP contribution in [0.4, 0.5) is 0 Å². The fourth-order valence-corrected chi connectivity index (χ4v) is 12.2. The first-order chi connectivity index (χ1) is 29.5. The van der Waals surface area contributed by atoms with Crippen LogP contribution >= 0.6 is 0 Å². The van der Waals surface area contributed by atoms with Crippen LogP contribution in [-0.4, -0.2) is 98.7 Å². The fourth-order valence-electron chi connectivity index (χ4n) is 12.2. The Bertz CT molecular complexity index is 2230. The van der Waals surface area contributed by atoms with E-state index in [0.717, 1.165) is 16.7 Å². The third-order valence-electron chi connectivity index (χ3n) is 15.1. The SMILES string of the molecule is COc1cc(C)c(C(=O)O[C@H]2[C@@H](O)[C@H](O[C@H]3CC[C@H](C)[C@@H]4[C@@H]3C=C(C)[C@H]3/C(C)=C/CC/C(C)=C/[C@]5(C)C=C(C(=O)O)[C@H](C)C[C@]56OC(=O)C(=C(O)[C@@]43C)C6=O)O[C@H](C)[C@H]2O)c(O)c1. The number of ether oxygens (including phenoxy) is 5. The molecule has 0 unspecified atom stereocenters. The number of hydrogen-bond donors (Lipinski definition) is 5. The molecule has 3 fully saturated rings. The summed E-state index contributed by atoms with van der Waals surface area (Å²) in [6, 6.07) is 2.81. The zero-order chi connectivity index (χ0) is 46.2. The van der Waals surface area contributed by atoms with Crippen LogP contribution in [-0.2, 0) is 33.3 Å². The van der Waals surface area contributed by atoms with Gasteiger partial charge in [-0.15, -0.1) is 0 Å². The highest BCUT2D eigenvalue weighted by Gasteiger charge is 2.67. The van der Waals surface area contributed by atoms with Crippen molar-refractivity contribution < 1.29 is 68.4 Å². The number of benzene rings is 1. The molecule has 0 amide bonds. The summed E-state index contributed by atoms with van der Waals surface area (Å²) in [7, 11) is 1.42. The van der Waals surface area contributed by atoms with Crippen molar-refractivity contribution in [2.45, 2.75) is 137 Å².